The van der Waals surface area contributed by atoms with Crippen LogP contribution in [0.3, 0.4) is 0 Å². The summed E-state index contributed by atoms with van der Waals surface area (Å²) in [6, 6.07) is 3.87. The maximum Gasteiger partial charge on any atom is 0.271 e. The predicted molar refractivity (Wildman–Crippen MR) is 74.2 cm³/mol. The Kier molecular flexibility index (Phi) is 3.30. The number of aromatic nitrogens is 4. The molecule has 0 radical (unpaired) electrons. The van der Waals surface area contributed by atoms with Gasteiger partial charge in [0.05, 0.1) is 6.04 Å². The molecule has 6 nitrogen and oxygen atoms in total. The van der Waals surface area contributed by atoms with Crippen LogP contribution in [0.2, 0.25) is 0 Å². The van der Waals surface area contributed by atoms with Crippen molar-refractivity contribution in [2.45, 2.75) is 32.2 Å². The Labute approximate surface area is 117 Å². The van der Waals surface area contributed by atoms with Gasteiger partial charge in [-0.2, -0.15) is 5.10 Å². The van der Waals surface area contributed by atoms with Crippen LogP contribution in [-0.4, -0.2) is 37.1 Å². The molecule has 0 aromatic carbocycles. The first kappa shape index (κ1) is 12.9. The van der Waals surface area contributed by atoms with Crippen molar-refractivity contribution in [1.29, 1.82) is 0 Å². The number of rotatable bonds is 2. The molecule has 0 saturated carbocycles. The highest BCUT2D eigenvalue weighted by molar-refractivity contribution is 5.93. The molecule has 1 atom stereocenters. The minimum Gasteiger partial charge on any atom is -0.344 e. The molecule has 6 heteroatoms. The summed E-state index contributed by atoms with van der Waals surface area (Å²) in [6.45, 7) is 2.77. The Balaban J connectivity index is 1.90. The van der Waals surface area contributed by atoms with Gasteiger partial charge in [-0.25, -0.2) is 4.98 Å². The van der Waals surface area contributed by atoms with Crippen LogP contribution in [-0.2, 0) is 7.05 Å². The van der Waals surface area contributed by atoms with E-state index in [2.05, 4.69) is 15.2 Å². The van der Waals surface area contributed by atoms with Gasteiger partial charge in [0.15, 0.2) is 0 Å². The van der Waals surface area contributed by atoms with E-state index < -0.39 is 0 Å². The minimum absolute atomic E-state index is 0.00829. The summed E-state index contributed by atoms with van der Waals surface area (Å²) in [7, 11) is 1.93. The zero-order chi connectivity index (χ0) is 14.1. The highest BCUT2D eigenvalue weighted by Gasteiger charge is 2.31. The topological polar surface area (TPSA) is 66.8 Å². The van der Waals surface area contributed by atoms with Gasteiger partial charge in [0.25, 0.3) is 5.91 Å². The molecule has 1 fully saturated rings. The second-order valence-electron chi connectivity index (χ2n) is 5.30. The van der Waals surface area contributed by atoms with Crippen LogP contribution < -0.4 is 0 Å². The zero-order valence-corrected chi connectivity index (χ0v) is 11.8. The average Bonchev–Trinajstić information content (AvgIpc) is 3.10. The number of carbonyl (C=O) groups is 1. The summed E-state index contributed by atoms with van der Waals surface area (Å²) in [6.07, 6.45) is 4.59. The van der Waals surface area contributed by atoms with E-state index in [0.717, 1.165) is 43.0 Å². The number of nitrogens with one attached hydrogen (secondary N) is 1. The van der Waals surface area contributed by atoms with Crippen LogP contribution >= 0.6 is 0 Å². The summed E-state index contributed by atoms with van der Waals surface area (Å²) < 4.78 is 1.94. The number of H-pyrrole nitrogens is 1. The van der Waals surface area contributed by atoms with E-state index in [1.54, 1.807) is 0 Å². The van der Waals surface area contributed by atoms with Gasteiger partial charge in [0.2, 0.25) is 0 Å². The third-order valence-corrected chi connectivity index (χ3v) is 4.10. The fraction of sp³-hybridized carbons (Fsp3) is 0.500. The number of nitrogens with zero attached hydrogens (tertiary/aromatic N) is 4. The standard InChI is InChI=1S/C14H19N5O/c1-10-6-7-12(18(10)2)14(20)19-8-4-3-5-11(19)13-15-9-16-17-13/h6-7,9,11H,3-5,8H2,1-2H3,(H,15,16,17). The second-order valence-corrected chi connectivity index (χ2v) is 5.30. The molecule has 2 aromatic heterocycles. The van der Waals surface area contributed by atoms with Gasteiger partial charge in [0, 0.05) is 19.3 Å². The van der Waals surface area contributed by atoms with Crippen LogP contribution in [0.4, 0.5) is 0 Å². The molecule has 0 bridgehead atoms. The molecular weight excluding hydrogens is 254 g/mol. The van der Waals surface area contributed by atoms with Crippen molar-refractivity contribution in [3.8, 4) is 0 Å². The molecule has 1 aliphatic heterocycles. The number of hydrogen-bond donors (Lipinski definition) is 1. The summed E-state index contributed by atoms with van der Waals surface area (Å²) in [5, 5.41) is 6.81. The molecular formula is C14H19N5O. The maximum absolute atomic E-state index is 12.8. The number of likely N-dealkylation sites (tertiary alicyclic amines) is 1. The zero-order valence-electron chi connectivity index (χ0n) is 11.8. The minimum atomic E-state index is 0.00829. The Hall–Kier alpha value is -2.11. The largest absolute Gasteiger partial charge is 0.344 e. The van der Waals surface area contributed by atoms with Crippen molar-refractivity contribution in [2.75, 3.05) is 6.54 Å². The number of aryl methyl sites for hydroxylation is 1. The number of hydrogen-bond acceptors (Lipinski definition) is 3. The van der Waals surface area contributed by atoms with E-state index in [1.807, 2.05) is 35.6 Å². The predicted octanol–water partition coefficient (Wildman–Crippen LogP) is 1.82. The van der Waals surface area contributed by atoms with E-state index in [0.29, 0.717) is 0 Å². The van der Waals surface area contributed by atoms with E-state index in [-0.39, 0.29) is 11.9 Å². The van der Waals surface area contributed by atoms with Gasteiger partial charge in [-0.3, -0.25) is 9.89 Å². The molecule has 1 aliphatic rings. The number of carbonyl (C=O) groups excluding carboxylic acids is 1. The van der Waals surface area contributed by atoms with Gasteiger partial charge in [0.1, 0.15) is 17.8 Å². The van der Waals surface area contributed by atoms with Crippen LogP contribution in [0.15, 0.2) is 18.5 Å². The first-order valence-corrected chi connectivity index (χ1v) is 6.97. The molecule has 3 heterocycles. The lowest BCUT2D eigenvalue weighted by Gasteiger charge is -2.34. The molecule has 1 unspecified atom stereocenters. The summed E-state index contributed by atoms with van der Waals surface area (Å²) in [5.41, 5.74) is 1.82. The average molecular weight is 273 g/mol. The molecule has 1 N–H and O–H groups in total. The molecule has 20 heavy (non-hydrogen) atoms. The van der Waals surface area contributed by atoms with Crippen molar-refractivity contribution in [3.63, 3.8) is 0 Å². The number of piperidine rings is 1. The first-order chi connectivity index (χ1) is 9.68. The summed E-state index contributed by atoms with van der Waals surface area (Å²) in [4.78, 5) is 18.9. The Morgan fingerprint density at radius 1 is 1.40 bits per heavy atom. The third kappa shape index (κ3) is 2.11. The van der Waals surface area contributed by atoms with Crippen molar-refractivity contribution >= 4 is 5.91 Å². The molecule has 0 spiro atoms. The SMILES string of the molecule is Cc1ccc(C(=O)N2CCCCC2c2ncn[nH]2)n1C. The number of amides is 1. The van der Waals surface area contributed by atoms with Crippen LogP contribution in [0, 0.1) is 6.92 Å². The van der Waals surface area contributed by atoms with E-state index in [1.165, 1.54) is 6.33 Å². The fourth-order valence-corrected chi connectivity index (χ4v) is 2.81. The van der Waals surface area contributed by atoms with Crippen molar-refractivity contribution < 1.29 is 4.79 Å². The van der Waals surface area contributed by atoms with E-state index in [9.17, 15) is 4.79 Å². The summed E-state index contributed by atoms with van der Waals surface area (Å²) >= 11 is 0. The van der Waals surface area contributed by atoms with Crippen LogP contribution in [0.5, 0.6) is 0 Å². The Morgan fingerprint density at radius 2 is 2.25 bits per heavy atom. The van der Waals surface area contributed by atoms with Gasteiger partial charge in [-0.05, 0) is 38.3 Å². The van der Waals surface area contributed by atoms with Crippen LogP contribution in [0.1, 0.15) is 47.3 Å². The van der Waals surface area contributed by atoms with E-state index in [4.69, 9.17) is 0 Å². The normalized spacial score (nSPS) is 19.3. The lowest BCUT2D eigenvalue weighted by Crippen LogP contribution is -2.39. The molecule has 1 saturated heterocycles. The van der Waals surface area contributed by atoms with Crippen molar-refractivity contribution in [3.05, 3.63) is 35.7 Å². The monoisotopic (exact) mass is 273 g/mol. The van der Waals surface area contributed by atoms with Gasteiger partial charge in [-0.15, -0.1) is 0 Å². The fourth-order valence-electron chi connectivity index (χ4n) is 2.81. The molecule has 3 rings (SSSR count). The Bertz CT molecular complexity index is 601. The second kappa shape index (κ2) is 5.11. The van der Waals surface area contributed by atoms with Gasteiger partial charge in [-0.1, -0.05) is 0 Å². The third-order valence-electron chi connectivity index (χ3n) is 4.10. The molecule has 1 amide bonds. The van der Waals surface area contributed by atoms with Crippen molar-refractivity contribution in [2.24, 2.45) is 7.05 Å². The van der Waals surface area contributed by atoms with Crippen molar-refractivity contribution in [1.82, 2.24) is 24.6 Å². The Morgan fingerprint density at radius 3 is 2.90 bits per heavy atom. The lowest BCUT2D eigenvalue weighted by molar-refractivity contribution is 0.0590. The van der Waals surface area contributed by atoms with Crippen LogP contribution in [0.25, 0.3) is 0 Å². The summed E-state index contributed by atoms with van der Waals surface area (Å²) in [5.74, 6) is 0.852. The quantitative estimate of drug-likeness (QED) is 0.907. The van der Waals surface area contributed by atoms with E-state index >= 15 is 0 Å². The lowest BCUT2D eigenvalue weighted by atomic mass is 10.0. The maximum atomic E-state index is 12.8. The highest BCUT2D eigenvalue weighted by Crippen LogP contribution is 2.30. The molecule has 2 aromatic rings. The molecule has 106 valence electrons. The smallest absolute Gasteiger partial charge is 0.271 e. The van der Waals surface area contributed by atoms with Gasteiger partial charge >= 0.3 is 0 Å². The first-order valence-electron chi connectivity index (χ1n) is 6.97. The molecule has 0 aliphatic carbocycles. The number of aromatic amines is 1. The van der Waals surface area contributed by atoms with Gasteiger partial charge < -0.3 is 9.47 Å². The highest BCUT2D eigenvalue weighted by atomic mass is 16.2.